The van der Waals surface area contributed by atoms with Gasteiger partial charge in [0, 0.05) is 0 Å². The molecule has 0 unspecified atom stereocenters. The molecule has 3 nitrogen and oxygen atoms in total. The first-order valence-corrected chi connectivity index (χ1v) is 6.78. The summed E-state index contributed by atoms with van der Waals surface area (Å²) in [6.07, 6.45) is -1.44. The predicted molar refractivity (Wildman–Crippen MR) is 82.7 cm³/mol. The molecular weight excluding hydrogens is 305 g/mol. The Hall–Kier alpha value is -2.89. The summed E-state index contributed by atoms with van der Waals surface area (Å²) in [6.45, 7) is 0. The minimum absolute atomic E-state index is 0.283. The average Bonchev–Trinajstić information content (AvgIpc) is 2.52. The van der Waals surface area contributed by atoms with Gasteiger partial charge in [-0.15, -0.1) is 0 Å². The molecule has 0 amide bonds. The summed E-state index contributed by atoms with van der Waals surface area (Å²) in [4.78, 5) is 18.8. The highest BCUT2D eigenvalue weighted by atomic mass is 19.4. The highest BCUT2D eigenvalue weighted by molar-refractivity contribution is 5.79. The Kier molecular flexibility index (Phi) is 3.73. The van der Waals surface area contributed by atoms with E-state index in [4.69, 9.17) is 0 Å². The molecule has 0 radical (unpaired) electrons. The topological polar surface area (TPSA) is 45.8 Å². The van der Waals surface area contributed by atoms with Crippen LogP contribution in [0.5, 0.6) is 0 Å². The van der Waals surface area contributed by atoms with Crippen LogP contribution in [0.4, 0.5) is 13.2 Å². The van der Waals surface area contributed by atoms with Crippen molar-refractivity contribution in [3.8, 4) is 0 Å². The quantitative estimate of drug-likeness (QED) is 0.773. The van der Waals surface area contributed by atoms with E-state index in [1.165, 1.54) is 18.2 Å². The highest BCUT2D eigenvalue weighted by Crippen LogP contribution is 2.29. The third kappa shape index (κ3) is 3.31. The van der Waals surface area contributed by atoms with Gasteiger partial charge >= 0.3 is 6.18 Å². The molecule has 0 saturated carbocycles. The van der Waals surface area contributed by atoms with Crippen molar-refractivity contribution < 1.29 is 13.2 Å². The van der Waals surface area contributed by atoms with Crippen LogP contribution < -0.4 is 5.56 Å². The number of benzene rings is 2. The third-order valence-electron chi connectivity index (χ3n) is 3.28. The molecule has 3 aromatic rings. The molecule has 0 bridgehead atoms. The van der Waals surface area contributed by atoms with Gasteiger partial charge in [-0.2, -0.15) is 13.2 Å². The predicted octanol–water partition coefficient (Wildman–Crippen LogP) is 4.11. The van der Waals surface area contributed by atoms with Crippen molar-refractivity contribution in [1.29, 1.82) is 0 Å². The summed E-state index contributed by atoms with van der Waals surface area (Å²) in [5.74, 6) is 0.283. The second-order valence-corrected chi connectivity index (χ2v) is 4.92. The molecule has 3 rings (SSSR count). The van der Waals surface area contributed by atoms with Gasteiger partial charge in [-0.1, -0.05) is 30.3 Å². The Bertz CT molecular complexity index is 942. The molecule has 0 aliphatic rings. The van der Waals surface area contributed by atoms with Crippen molar-refractivity contribution in [3.63, 3.8) is 0 Å². The number of H-pyrrole nitrogens is 1. The molecule has 0 aliphatic carbocycles. The van der Waals surface area contributed by atoms with Crippen LogP contribution in [0.15, 0.2) is 53.3 Å². The minimum atomic E-state index is -4.39. The second-order valence-electron chi connectivity index (χ2n) is 4.92. The number of halogens is 3. The van der Waals surface area contributed by atoms with Gasteiger partial charge in [0.1, 0.15) is 5.82 Å². The van der Waals surface area contributed by atoms with Gasteiger partial charge in [0.2, 0.25) is 0 Å². The summed E-state index contributed by atoms with van der Waals surface area (Å²) in [7, 11) is 0. The van der Waals surface area contributed by atoms with E-state index < -0.39 is 11.7 Å². The van der Waals surface area contributed by atoms with Crippen molar-refractivity contribution in [1.82, 2.24) is 9.97 Å². The average molecular weight is 316 g/mol. The van der Waals surface area contributed by atoms with Crippen LogP contribution in [0, 0.1) is 0 Å². The molecule has 0 atom stereocenters. The standard InChI is InChI=1S/C17H11F3N2O/c18-17(19,20)12-5-3-4-11(10-12)8-9-15-21-14-7-2-1-6-13(14)16(23)22-15/h1-10H,(H,21,22,23). The zero-order valence-corrected chi connectivity index (χ0v) is 11.8. The Morgan fingerprint density at radius 2 is 1.78 bits per heavy atom. The van der Waals surface area contributed by atoms with Crippen molar-refractivity contribution in [2.45, 2.75) is 6.18 Å². The SMILES string of the molecule is O=c1[nH]c(C=Cc2cccc(C(F)(F)F)c2)nc2ccccc12. The number of hydrogen-bond donors (Lipinski definition) is 1. The molecule has 1 N–H and O–H groups in total. The first-order valence-electron chi connectivity index (χ1n) is 6.78. The Morgan fingerprint density at radius 1 is 1.00 bits per heavy atom. The fourth-order valence-electron chi connectivity index (χ4n) is 2.18. The molecule has 6 heteroatoms. The smallest absolute Gasteiger partial charge is 0.306 e. The fraction of sp³-hybridized carbons (Fsp3) is 0.0588. The molecular formula is C17H11F3N2O. The lowest BCUT2D eigenvalue weighted by molar-refractivity contribution is -0.137. The van der Waals surface area contributed by atoms with E-state index in [0.717, 1.165) is 12.1 Å². The summed E-state index contributed by atoms with van der Waals surface area (Å²) in [5, 5.41) is 0.462. The lowest BCUT2D eigenvalue weighted by atomic mass is 10.1. The second kappa shape index (κ2) is 5.72. The number of rotatable bonds is 2. The van der Waals surface area contributed by atoms with E-state index in [-0.39, 0.29) is 11.4 Å². The van der Waals surface area contributed by atoms with Crippen molar-refractivity contribution in [3.05, 3.63) is 75.8 Å². The molecule has 2 aromatic carbocycles. The summed E-state index contributed by atoms with van der Waals surface area (Å²) in [6, 6.07) is 11.8. The van der Waals surface area contributed by atoms with Crippen LogP contribution in [-0.4, -0.2) is 9.97 Å². The summed E-state index contributed by atoms with van der Waals surface area (Å²) < 4.78 is 38.0. The van der Waals surface area contributed by atoms with Crippen molar-refractivity contribution in [2.24, 2.45) is 0 Å². The van der Waals surface area contributed by atoms with Crippen LogP contribution in [-0.2, 0) is 6.18 Å². The maximum Gasteiger partial charge on any atom is 0.416 e. The van der Waals surface area contributed by atoms with Crippen molar-refractivity contribution in [2.75, 3.05) is 0 Å². The number of nitrogens with zero attached hydrogens (tertiary/aromatic N) is 1. The Balaban J connectivity index is 1.96. The number of fused-ring (bicyclic) bond motifs is 1. The summed E-state index contributed by atoms with van der Waals surface area (Å²) >= 11 is 0. The number of nitrogens with one attached hydrogen (secondary N) is 1. The van der Waals surface area contributed by atoms with Gasteiger partial charge in [-0.25, -0.2) is 4.98 Å². The lowest BCUT2D eigenvalue weighted by Crippen LogP contribution is -2.09. The molecule has 23 heavy (non-hydrogen) atoms. The number of para-hydroxylation sites is 1. The van der Waals surface area contributed by atoms with E-state index in [2.05, 4.69) is 9.97 Å². The number of aromatic nitrogens is 2. The van der Waals surface area contributed by atoms with Crippen LogP contribution in [0.3, 0.4) is 0 Å². The third-order valence-corrected chi connectivity index (χ3v) is 3.28. The van der Waals surface area contributed by atoms with Gasteiger partial charge in [0.05, 0.1) is 16.5 Å². The van der Waals surface area contributed by atoms with Crippen LogP contribution in [0.1, 0.15) is 17.0 Å². The number of hydrogen-bond acceptors (Lipinski definition) is 2. The van der Waals surface area contributed by atoms with E-state index in [0.29, 0.717) is 16.5 Å². The molecule has 0 spiro atoms. The van der Waals surface area contributed by atoms with E-state index in [1.807, 2.05) is 0 Å². The first-order chi connectivity index (χ1) is 10.9. The van der Waals surface area contributed by atoms with Gasteiger partial charge < -0.3 is 4.98 Å². The largest absolute Gasteiger partial charge is 0.416 e. The zero-order chi connectivity index (χ0) is 16.4. The van der Waals surface area contributed by atoms with Crippen LogP contribution in [0.25, 0.3) is 23.1 Å². The Labute approximate surface area is 129 Å². The van der Waals surface area contributed by atoms with Gasteiger partial charge in [0.25, 0.3) is 5.56 Å². The highest BCUT2D eigenvalue weighted by Gasteiger charge is 2.30. The zero-order valence-electron chi connectivity index (χ0n) is 11.8. The van der Waals surface area contributed by atoms with E-state index in [1.54, 1.807) is 30.3 Å². The van der Waals surface area contributed by atoms with Gasteiger partial charge in [-0.05, 0) is 35.9 Å². The van der Waals surface area contributed by atoms with Crippen LogP contribution in [0.2, 0.25) is 0 Å². The van der Waals surface area contributed by atoms with Gasteiger partial charge in [0.15, 0.2) is 0 Å². The maximum atomic E-state index is 12.7. The Morgan fingerprint density at radius 3 is 2.57 bits per heavy atom. The van der Waals surface area contributed by atoms with E-state index in [9.17, 15) is 18.0 Å². The monoisotopic (exact) mass is 316 g/mol. The maximum absolute atomic E-state index is 12.7. The molecule has 0 saturated heterocycles. The first kappa shape index (κ1) is 15.0. The normalized spacial score (nSPS) is 12.1. The molecule has 0 fully saturated rings. The van der Waals surface area contributed by atoms with Crippen molar-refractivity contribution >= 4 is 23.1 Å². The molecule has 116 valence electrons. The molecule has 0 aliphatic heterocycles. The minimum Gasteiger partial charge on any atom is -0.306 e. The van der Waals surface area contributed by atoms with Gasteiger partial charge in [-0.3, -0.25) is 4.79 Å². The number of aromatic amines is 1. The van der Waals surface area contributed by atoms with Crippen LogP contribution >= 0.6 is 0 Å². The molecule has 1 heterocycles. The number of alkyl halides is 3. The van der Waals surface area contributed by atoms with E-state index >= 15 is 0 Å². The summed E-state index contributed by atoms with van der Waals surface area (Å²) in [5.41, 5.74) is -0.116. The lowest BCUT2D eigenvalue weighted by Gasteiger charge is -2.06. The molecule has 1 aromatic heterocycles. The fourth-order valence-corrected chi connectivity index (χ4v) is 2.18.